The number of amides is 2. The van der Waals surface area contributed by atoms with Crippen LogP contribution in [0.5, 0.6) is 0 Å². The molecule has 0 spiro atoms. The molecule has 1 atom stereocenters. The van der Waals surface area contributed by atoms with E-state index in [0.717, 1.165) is 16.9 Å². The average molecular weight is 362 g/mol. The number of nitrogens with one attached hydrogen (secondary N) is 2. The Bertz CT molecular complexity index is 953. The summed E-state index contributed by atoms with van der Waals surface area (Å²) in [6, 6.07) is 15.0. The molecule has 2 amide bonds. The first-order valence-corrected chi connectivity index (χ1v) is 8.71. The first-order valence-electron chi connectivity index (χ1n) is 8.71. The topological polar surface area (TPSA) is 102 Å². The van der Waals surface area contributed by atoms with Gasteiger partial charge in [-0.05, 0) is 59.2 Å². The van der Waals surface area contributed by atoms with Gasteiger partial charge in [0, 0.05) is 23.7 Å². The first kappa shape index (κ1) is 16.9. The molecule has 27 heavy (non-hydrogen) atoms. The maximum Gasteiger partial charge on any atom is 0.227 e. The van der Waals surface area contributed by atoms with Gasteiger partial charge in [-0.3, -0.25) is 9.59 Å². The van der Waals surface area contributed by atoms with Gasteiger partial charge in [-0.15, -0.1) is 5.10 Å². The largest absolute Gasteiger partial charge is 0.326 e. The minimum Gasteiger partial charge on any atom is -0.326 e. The Morgan fingerprint density at radius 3 is 2.78 bits per heavy atom. The van der Waals surface area contributed by atoms with E-state index in [0.29, 0.717) is 18.5 Å². The van der Waals surface area contributed by atoms with Crippen molar-refractivity contribution in [2.45, 2.75) is 19.3 Å². The van der Waals surface area contributed by atoms with Crippen LogP contribution in [0.1, 0.15) is 18.4 Å². The third kappa shape index (κ3) is 3.84. The van der Waals surface area contributed by atoms with E-state index < -0.39 is 0 Å². The fourth-order valence-corrected chi connectivity index (χ4v) is 3.15. The van der Waals surface area contributed by atoms with Crippen LogP contribution in [0.15, 0.2) is 54.9 Å². The number of hydrogen-bond donors (Lipinski definition) is 2. The number of rotatable bonds is 5. The number of carbonyl (C=O) groups excluding carboxylic acids is 2. The fourth-order valence-electron chi connectivity index (χ4n) is 3.15. The summed E-state index contributed by atoms with van der Waals surface area (Å²) in [5.74, 6) is -0.322. The van der Waals surface area contributed by atoms with Crippen LogP contribution in [0.3, 0.4) is 0 Å². The Hall–Kier alpha value is -3.55. The molecule has 8 nitrogen and oxygen atoms in total. The minimum absolute atomic E-state index is 0.0210. The SMILES string of the molecule is O=C(CCC1Cc2ccccc2NC1=O)Nc1ccc(-n2cnnn2)cc1. The van der Waals surface area contributed by atoms with Crippen LogP contribution in [0.25, 0.3) is 5.69 Å². The molecule has 3 aromatic rings. The lowest BCUT2D eigenvalue weighted by atomic mass is 9.89. The molecule has 8 heteroatoms. The van der Waals surface area contributed by atoms with Crippen molar-refractivity contribution in [1.82, 2.24) is 20.2 Å². The number of fused-ring (bicyclic) bond motifs is 1. The monoisotopic (exact) mass is 362 g/mol. The van der Waals surface area contributed by atoms with E-state index in [4.69, 9.17) is 0 Å². The van der Waals surface area contributed by atoms with Crippen molar-refractivity contribution >= 4 is 23.2 Å². The third-order valence-electron chi connectivity index (χ3n) is 4.60. The number of hydrogen-bond acceptors (Lipinski definition) is 5. The zero-order valence-electron chi connectivity index (χ0n) is 14.5. The summed E-state index contributed by atoms with van der Waals surface area (Å²) >= 11 is 0. The smallest absolute Gasteiger partial charge is 0.227 e. The molecule has 0 bridgehead atoms. The van der Waals surface area contributed by atoms with Crippen molar-refractivity contribution in [1.29, 1.82) is 0 Å². The van der Waals surface area contributed by atoms with Gasteiger partial charge in [0.05, 0.1) is 5.69 Å². The lowest BCUT2D eigenvalue weighted by molar-refractivity contribution is -0.121. The summed E-state index contributed by atoms with van der Waals surface area (Å²) in [6.07, 6.45) is 2.96. The maximum atomic E-state index is 12.2. The van der Waals surface area contributed by atoms with E-state index in [-0.39, 0.29) is 24.2 Å². The van der Waals surface area contributed by atoms with Crippen molar-refractivity contribution in [2.24, 2.45) is 5.92 Å². The fraction of sp³-hybridized carbons (Fsp3) is 0.211. The standard InChI is InChI=1S/C19H18N6O2/c26-18(21-15-6-8-16(9-7-15)25-12-20-23-24-25)10-5-14-11-13-3-1-2-4-17(13)22-19(14)27/h1-4,6-9,12,14H,5,10-11H2,(H,21,26)(H,22,27). The van der Waals surface area contributed by atoms with Crippen LogP contribution < -0.4 is 10.6 Å². The molecule has 2 N–H and O–H groups in total. The van der Waals surface area contributed by atoms with Gasteiger partial charge in [-0.25, -0.2) is 4.68 Å². The van der Waals surface area contributed by atoms with Crippen LogP contribution in [-0.2, 0) is 16.0 Å². The maximum absolute atomic E-state index is 12.2. The second-order valence-electron chi connectivity index (χ2n) is 6.44. The van der Waals surface area contributed by atoms with E-state index in [1.807, 2.05) is 36.4 Å². The van der Waals surface area contributed by atoms with Gasteiger partial charge in [0.2, 0.25) is 11.8 Å². The van der Waals surface area contributed by atoms with Crippen LogP contribution in [0, 0.1) is 5.92 Å². The Balaban J connectivity index is 1.32. The van der Waals surface area contributed by atoms with E-state index in [1.165, 1.54) is 11.0 Å². The number of anilines is 2. The second-order valence-corrected chi connectivity index (χ2v) is 6.44. The summed E-state index contributed by atoms with van der Waals surface area (Å²) in [6.45, 7) is 0. The summed E-state index contributed by atoms with van der Waals surface area (Å²) in [7, 11) is 0. The highest BCUT2D eigenvalue weighted by Gasteiger charge is 2.26. The summed E-state index contributed by atoms with van der Waals surface area (Å²) in [5.41, 5.74) is 3.47. The predicted octanol–water partition coefficient (Wildman–Crippen LogP) is 2.19. The van der Waals surface area contributed by atoms with Crippen molar-refractivity contribution in [3.8, 4) is 5.69 Å². The zero-order chi connectivity index (χ0) is 18.6. The van der Waals surface area contributed by atoms with E-state index in [9.17, 15) is 9.59 Å². The van der Waals surface area contributed by atoms with E-state index in [2.05, 4.69) is 26.2 Å². The van der Waals surface area contributed by atoms with Gasteiger partial charge in [0.25, 0.3) is 0 Å². The van der Waals surface area contributed by atoms with Crippen LogP contribution in [0.2, 0.25) is 0 Å². The number of benzene rings is 2. The highest BCUT2D eigenvalue weighted by Crippen LogP contribution is 2.27. The van der Waals surface area contributed by atoms with Crippen molar-refractivity contribution in [2.75, 3.05) is 10.6 Å². The number of aromatic nitrogens is 4. The van der Waals surface area contributed by atoms with Gasteiger partial charge < -0.3 is 10.6 Å². The molecule has 2 heterocycles. The van der Waals surface area contributed by atoms with Gasteiger partial charge in [-0.2, -0.15) is 0 Å². The molecule has 0 saturated carbocycles. The average Bonchev–Trinajstić information content (AvgIpc) is 3.22. The minimum atomic E-state index is -0.187. The highest BCUT2D eigenvalue weighted by molar-refractivity contribution is 5.96. The molecule has 0 saturated heterocycles. The molecule has 1 aromatic heterocycles. The molecular formula is C19H18N6O2. The molecule has 0 radical (unpaired) electrons. The first-order chi connectivity index (χ1) is 13.2. The molecule has 4 rings (SSSR count). The Morgan fingerprint density at radius 2 is 2.00 bits per heavy atom. The molecule has 1 unspecified atom stereocenters. The number of tetrazole rings is 1. The van der Waals surface area contributed by atoms with Gasteiger partial charge >= 0.3 is 0 Å². The molecule has 1 aliphatic heterocycles. The van der Waals surface area contributed by atoms with Crippen LogP contribution in [0.4, 0.5) is 11.4 Å². The Morgan fingerprint density at radius 1 is 1.19 bits per heavy atom. The summed E-state index contributed by atoms with van der Waals surface area (Å²) < 4.78 is 1.53. The Kier molecular flexibility index (Phi) is 4.61. The highest BCUT2D eigenvalue weighted by atomic mass is 16.2. The van der Waals surface area contributed by atoms with Crippen molar-refractivity contribution < 1.29 is 9.59 Å². The van der Waals surface area contributed by atoms with Gasteiger partial charge in [0.1, 0.15) is 6.33 Å². The second kappa shape index (κ2) is 7.36. The van der Waals surface area contributed by atoms with Gasteiger partial charge in [0.15, 0.2) is 0 Å². The lowest BCUT2D eigenvalue weighted by Crippen LogP contribution is -2.30. The number of nitrogens with zero attached hydrogens (tertiary/aromatic N) is 4. The van der Waals surface area contributed by atoms with Crippen LogP contribution in [-0.4, -0.2) is 32.0 Å². The lowest BCUT2D eigenvalue weighted by Gasteiger charge is -2.24. The molecule has 0 fully saturated rings. The Labute approximate surface area is 155 Å². The van der Waals surface area contributed by atoms with Gasteiger partial charge in [-0.1, -0.05) is 18.2 Å². The number of carbonyl (C=O) groups is 2. The van der Waals surface area contributed by atoms with E-state index >= 15 is 0 Å². The summed E-state index contributed by atoms with van der Waals surface area (Å²) in [5, 5.41) is 16.8. The number of para-hydroxylation sites is 1. The predicted molar refractivity (Wildman–Crippen MR) is 99.3 cm³/mol. The van der Waals surface area contributed by atoms with Crippen molar-refractivity contribution in [3.05, 3.63) is 60.4 Å². The molecule has 0 aliphatic carbocycles. The van der Waals surface area contributed by atoms with Crippen LogP contribution >= 0.6 is 0 Å². The molecular weight excluding hydrogens is 344 g/mol. The quantitative estimate of drug-likeness (QED) is 0.724. The third-order valence-corrected chi connectivity index (χ3v) is 4.60. The molecule has 136 valence electrons. The molecule has 1 aliphatic rings. The van der Waals surface area contributed by atoms with Crippen molar-refractivity contribution in [3.63, 3.8) is 0 Å². The zero-order valence-corrected chi connectivity index (χ0v) is 14.5. The molecule has 2 aromatic carbocycles. The van der Waals surface area contributed by atoms with E-state index in [1.54, 1.807) is 12.1 Å². The normalized spacial score (nSPS) is 15.7. The summed E-state index contributed by atoms with van der Waals surface area (Å²) in [4.78, 5) is 24.5.